The van der Waals surface area contributed by atoms with Crippen LogP contribution in [0, 0.1) is 0 Å². The number of halogens is 1. The molecule has 0 heterocycles. The molecule has 4 nitrogen and oxygen atoms in total. The van der Waals surface area contributed by atoms with E-state index in [-0.39, 0.29) is 12.4 Å². The molecule has 0 fully saturated rings. The Labute approximate surface area is 142 Å². The number of esters is 1. The zero-order valence-corrected chi connectivity index (χ0v) is 14.1. The zero-order chi connectivity index (χ0) is 16.7. The number of allylic oxidation sites excluding steroid dienone is 1. The first-order valence-corrected chi connectivity index (χ1v) is 7.80. The summed E-state index contributed by atoms with van der Waals surface area (Å²) in [7, 11) is 0. The second kappa shape index (κ2) is 8.29. The van der Waals surface area contributed by atoms with Crippen molar-refractivity contribution in [3.8, 4) is 11.5 Å². The van der Waals surface area contributed by atoms with Gasteiger partial charge in [-0.25, -0.2) is 4.79 Å². The second-order valence-electron chi connectivity index (χ2n) is 4.53. The van der Waals surface area contributed by atoms with Crippen molar-refractivity contribution in [1.29, 1.82) is 0 Å². The maximum atomic E-state index is 11.9. The van der Waals surface area contributed by atoms with Crippen LogP contribution in [0.15, 0.2) is 65.2 Å². The predicted molar refractivity (Wildman–Crippen MR) is 90.8 cm³/mol. The molecule has 0 bridgehead atoms. The lowest BCUT2D eigenvalue weighted by molar-refractivity contribution is -0.137. The molecule has 0 saturated heterocycles. The third-order valence-corrected chi connectivity index (χ3v) is 3.37. The Morgan fingerprint density at radius 1 is 0.957 bits per heavy atom. The molecule has 0 spiro atoms. The van der Waals surface area contributed by atoms with Gasteiger partial charge in [-0.1, -0.05) is 15.9 Å². The van der Waals surface area contributed by atoms with Gasteiger partial charge in [0.05, 0.1) is 6.61 Å². The Balaban J connectivity index is 2.00. The maximum absolute atomic E-state index is 11.9. The van der Waals surface area contributed by atoms with Gasteiger partial charge in [-0.05, 0) is 61.5 Å². The molecule has 0 saturated carbocycles. The number of benzene rings is 2. The van der Waals surface area contributed by atoms with Gasteiger partial charge in [0.2, 0.25) is 0 Å². The van der Waals surface area contributed by atoms with E-state index in [4.69, 9.17) is 9.47 Å². The number of ether oxygens (including phenoxy) is 2. The molecule has 0 aromatic heterocycles. The SMILES string of the molecule is CCOC(=O)C=CC(=O)c1ccc(Oc2ccc(Br)cc2)cc1. The number of hydrogen-bond acceptors (Lipinski definition) is 4. The molecule has 0 radical (unpaired) electrons. The highest BCUT2D eigenvalue weighted by Gasteiger charge is 2.04. The normalized spacial score (nSPS) is 10.5. The summed E-state index contributed by atoms with van der Waals surface area (Å²) in [6.07, 6.45) is 2.32. The summed E-state index contributed by atoms with van der Waals surface area (Å²) in [5.74, 6) is 0.525. The van der Waals surface area contributed by atoms with E-state index in [1.807, 2.05) is 24.3 Å². The molecular weight excluding hydrogens is 360 g/mol. The predicted octanol–water partition coefficient (Wildman–Crippen LogP) is 4.54. The Morgan fingerprint density at radius 3 is 2.09 bits per heavy atom. The van der Waals surface area contributed by atoms with Crippen LogP contribution in [0.1, 0.15) is 17.3 Å². The monoisotopic (exact) mass is 374 g/mol. The summed E-state index contributed by atoms with van der Waals surface area (Å²) in [5, 5.41) is 0. The molecule has 5 heteroatoms. The molecule has 118 valence electrons. The van der Waals surface area contributed by atoms with E-state index in [0.29, 0.717) is 17.1 Å². The molecule has 0 amide bonds. The van der Waals surface area contributed by atoms with Gasteiger partial charge in [0.15, 0.2) is 5.78 Å². The largest absolute Gasteiger partial charge is 0.463 e. The molecule has 0 aliphatic rings. The smallest absolute Gasteiger partial charge is 0.330 e. The van der Waals surface area contributed by atoms with Crippen molar-refractivity contribution in [2.75, 3.05) is 6.61 Å². The molecule has 2 aromatic rings. The van der Waals surface area contributed by atoms with Crippen LogP contribution in [0.4, 0.5) is 0 Å². The molecule has 0 aliphatic carbocycles. The zero-order valence-electron chi connectivity index (χ0n) is 12.5. The van der Waals surface area contributed by atoms with Crippen LogP contribution in [-0.4, -0.2) is 18.4 Å². The summed E-state index contributed by atoms with van der Waals surface area (Å²) >= 11 is 3.36. The average Bonchev–Trinajstić information content (AvgIpc) is 2.56. The summed E-state index contributed by atoms with van der Waals surface area (Å²) in [6, 6.07) is 14.1. The van der Waals surface area contributed by atoms with Crippen molar-refractivity contribution in [2.45, 2.75) is 6.92 Å². The van der Waals surface area contributed by atoms with E-state index >= 15 is 0 Å². The molecule has 0 atom stereocenters. The number of rotatable bonds is 6. The van der Waals surface area contributed by atoms with E-state index in [2.05, 4.69) is 15.9 Å². The van der Waals surface area contributed by atoms with Gasteiger partial charge >= 0.3 is 5.97 Å². The first kappa shape index (κ1) is 17.0. The number of ketones is 1. The molecular formula is C18H15BrO4. The Kier molecular flexibility index (Phi) is 6.11. The van der Waals surface area contributed by atoms with E-state index in [1.54, 1.807) is 31.2 Å². The van der Waals surface area contributed by atoms with Crippen molar-refractivity contribution < 1.29 is 19.1 Å². The van der Waals surface area contributed by atoms with E-state index in [0.717, 1.165) is 10.5 Å². The van der Waals surface area contributed by atoms with Gasteiger partial charge in [-0.15, -0.1) is 0 Å². The van der Waals surface area contributed by atoms with Gasteiger partial charge in [-0.2, -0.15) is 0 Å². The summed E-state index contributed by atoms with van der Waals surface area (Å²) in [5.41, 5.74) is 0.466. The molecule has 0 aliphatic heterocycles. The lowest BCUT2D eigenvalue weighted by Gasteiger charge is -2.06. The van der Waals surface area contributed by atoms with Gasteiger partial charge in [-0.3, -0.25) is 4.79 Å². The van der Waals surface area contributed by atoms with Crippen molar-refractivity contribution in [3.63, 3.8) is 0 Å². The van der Waals surface area contributed by atoms with Crippen LogP contribution in [0.25, 0.3) is 0 Å². The van der Waals surface area contributed by atoms with Gasteiger partial charge < -0.3 is 9.47 Å². The number of hydrogen-bond donors (Lipinski definition) is 0. The topological polar surface area (TPSA) is 52.6 Å². The summed E-state index contributed by atoms with van der Waals surface area (Å²) in [6.45, 7) is 1.98. The Hall–Kier alpha value is -2.40. The second-order valence-corrected chi connectivity index (χ2v) is 5.45. The first-order chi connectivity index (χ1) is 11.1. The third-order valence-electron chi connectivity index (χ3n) is 2.85. The van der Waals surface area contributed by atoms with Gasteiger partial charge in [0.25, 0.3) is 0 Å². The number of carbonyl (C=O) groups is 2. The fourth-order valence-corrected chi connectivity index (χ4v) is 2.02. The van der Waals surface area contributed by atoms with Crippen molar-refractivity contribution >= 4 is 27.7 Å². The quantitative estimate of drug-likeness (QED) is 0.423. The Bertz CT molecular complexity index is 703. The highest BCUT2D eigenvalue weighted by atomic mass is 79.9. The van der Waals surface area contributed by atoms with E-state index in [1.165, 1.54) is 6.08 Å². The minimum Gasteiger partial charge on any atom is -0.463 e. The minimum absolute atomic E-state index is 0.270. The van der Waals surface area contributed by atoms with Crippen LogP contribution in [0.5, 0.6) is 11.5 Å². The summed E-state index contributed by atoms with van der Waals surface area (Å²) in [4.78, 5) is 23.1. The highest BCUT2D eigenvalue weighted by molar-refractivity contribution is 9.10. The van der Waals surface area contributed by atoms with Gasteiger partial charge in [0.1, 0.15) is 11.5 Å². The van der Waals surface area contributed by atoms with Crippen LogP contribution in [0.3, 0.4) is 0 Å². The van der Waals surface area contributed by atoms with Crippen LogP contribution < -0.4 is 4.74 Å². The molecule has 23 heavy (non-hydrogen) atoms. The van der Waals surface area contributed by atoms with Crippen molar-refractivity contribution in [3.05, 3.63) is 70.7 Å². The fraction of sp³-hybridized carbons (Fsp3) is 0.111. The van der Waals surface area contributed by atoms with E-state index in [9.17, 15) is 9.59 Å². The molecule has 2 rings (SSSR count). The Morgan fingerprint density at radius 2 is 1.52 bits per heavy atom. The van der Waals surface area contributed by atoms with Crippen LogP contribution >= 0.6 is 15.9 Å². The highest BCUT2D eigenvalue weighted by Crippen LogP contribution is 2.23. The number of carbonyl (C=O) groups excluding carboxylic acids is 2. The standard InChI is InChI=1S/C18H15BrO4/c1-2-22-18(21)12-11-17(20)13-3-7-15(8-4-13)23-16-9-5-14(19)6-10-16/h3-12H,2H2,1H3. The summed E-state index contributed by atoms with van der Waals surface area (Å²) < 4.78 is 11.4. The van der Waals surface area contributed by atoms with Crippen LogP contribution in [-0.2, 0) is 9.53 Å². The van der Waals surface area contributed by atoms with Gasteiger partial charge in [0, 0.05) is 16.1 Å². The van der Waals surface area contributed by atoms with E-state index < -0.39 is 5.97 Å². The molecule has 2 aromatic carbocycles. The maximum Gasteiger partial charge on any atom is 0.330 e. The van der Waals surface area contributed by atoms with Crippen LogP contribution in [0.2, 0.25) is 0 Å². The fourth-order valence-electron chi connectivity index (χ4n) is 1.76. The first-order valence-electron chi connectivity index (χ1n) is 7.01. The molecule has 0 N–H and O–H groups in total. The lowest BCUT2D eigenvalue weighted by Crippen LogP contribution is -2.01. The third kappa shape index (κ3) is 5.38. The average molecular weight is 375 g/mol. The van der Waals surface area contributed by atoms with Crippen molar-refractivity contribution in [1.82, 2.24) is 0 Å². The lowest BCUT2D eigenvalue weighted by atomic mass is 10.1. The minimum atomic E-state index is -0.531. The molecule has 0 unspecified atom stereocenters. The van der Waals surface area contributed by atoms with Crippen molar-refractivity contribution in [2.24, 2.45) is 0 Å².